The van der Waals surface area contributed by atoms with Crippen LogP contribution in [0.5, 0.6) is 0 Å². The average molecular weight is 264 g/mol. The van der Waals surface area contributed by atoms with E-state index in [-0.39, 0.29) is 0 Å². The van der Waals surface area contributed by atoms with E-state index in [4.69, 9.17) is 0 Å². The number of hydrogen-bond donors (Lipinski definition) is 0. The number of nitrogens with zero attached hydrogens (tertiary/aromatic N) is 2. The van der Waals surface area contributed by atoms with Gasteiger partial charge in [0.25, 0.3) is 0 Å². The molecule has 0 amide bonds. The van der Waals surface area contributed by atoms with Crippen molar-refractivity contribution in [3.8, 4) is 0 Å². The zero-order chi connectivity index (χ0) is 13.8. The third kappa shape index (κ3) is 1.77. The molecule has 0 bridgehead atoms. The number of fused-ring (bicyclic) bond motifs is 3. The second kappa shape index (κ2) is 3.73. The highest BCUT2D eigenvalue weighted by Crippen LogP contribution is 2.34. The van der Waals surface area contributed by atoms with E-state index in [0.29, 0.717) is 11.0 Å². The summed E-state index contributed by atoms with van der Waals surface area (Å²) in [6.07, 6.45) is -2.61. The number of halogens is 3. The molecule has 0 aliphatic heterocycles. The van der Waals surface area contributed by atoms with E-state index >= 15 is 0 Å². The number of alkyl halides is 3. The fraction of sp³-hybridized carbons (Fsp3) is 0.214. The maximum absolute atomic E-state index is 12.8. The van der Waals surface area contributed by atoms with Crippen molar-refractivity contribution >= 4 is 21.9 Å². The molecule has 0 saturated heterocycles. The SMILES string of the molecule is Cc1cnc2c(c1)c1cc(C(F)(F)F)ccc1n2C. The van der Waals surface area contributed by atoms with Gasteiger partial charge in [0.15, 0.2) is 0 Å². The Hall–Kier alpha value is -2.04. The second-order valence-electron chi connectivity index (χ2n) is 4.67. The maximum atomic E-state index is 12.8. The van der Waals surface area contributed by atoms with Crippen LogP contribution in [0.1, 0.15) is 11.1 Å². The Balaban J connectivity index is 2.44. The van der Waals surface area contributed by atoms with Gasteiger partial charge in [-0.2, -0.15) is 13.2 Å². The Morgan fingerprint density at radius 3 is 2.53 bits per heavy atom. The first-order valence-electron chi connectivity index (χ1n) is 5.80. The molecule has 0 fully saturated rings. The number of benzene rings is 1. The van der Waals surface area contributed by atoms with Crippen LogP contribution in [0.15, 0.2) is 30.5 Å². The largest absolute Gasteiger partial charge is 0.416 e. The summed E-state index contributed by atoms with van der Waals surface area (Å²) in [5, 5.41) is 1.34. The first kappa shape index (κ1) is 12.0. The van der Waals surface area contributed by atoms with Crippen molar-refractivity contribution in [3.05, 3.63) is 41.6 Å². The van der Waals surface area contributed by atoms with Gasteiger partial charge in [0.1, 0.15) is 5.65 Å². The Bertz CT molecular complexity index is 785. The summed E-state index contributed by atoms with van der Waals surface area (Å²) in [5.74, 6) is 0. The molecule has 3 aromatic rings. The fourth-order valence-electron chi connectivity index (χ4n) is 2.36. The summed E-state index contributed by atoms with van der Waals surface area (Å²) in [7, 11) is 1.81. The number of hydrogen-bond acceptors (Lipinski definition) is 1. The van der Waals surface area contributed by atoms with Crippen LogP contribution in [0.25, 0.3) is 21.9 Å². The van der Waals surface area contributed by atoms with Gasteiger partial charge in [-0.3, -0.25) is 0 Å². The molecule has 0 spiro atoms. The van der Waals surface area contributed by atoms with Crippen LogP contribution in [0.4, 0.5) is 13.2 Å². The fourth-order valence-corrected chi connectivity index (χ4v) is 2.36. The normalized spacial score (nSPS) is 12.5. The van der Waals surface area contributed by atoms with Crippen molar-refractivity contribution in [2.45, 2.75) is 13.1 Å². The molecule has 0 aliphatic rings. The van der Waals surface area contributed by atoms with Gasteiger partial charge in [-0.1, -0.05) is 0 Å². The van der Waals surface area contributed by atoms with E-state index in [1.807, 2.05) is 17.6 Å². The van der Waals surface area contributed by atoms with Crippen molar-refractivity contribution in [2.75, 3.05) is 0 Å². The number of rotatable bonds is 0. The van der Waals surface area contributed by atoms with E-state index in [1.165, 1.54) is 12.1 Å². The van der Waals surface area contributed by atoms with Crippen molar-refractivity contribution in [2.24, 2.45) is 7.05 Å². The molecule has 2 nitrogen and oxygen atoms in total. The third-order valence-electron chi connectivity index (χ3n) is 3.30. The molecule has 19 heavy (non-hydrogen) atoms. The number of aryl methyl sites for hydroxylation is 2. The van der Waals surface area contributed by atoms with Gasteiger partial charge < -0.3 is 4.57 Å². The van der Waals surface area contributed by atoms with Gasteiger partial charge in [0.2, 0.25) is 0 Å². The highest BCUT2D eigenvalue weighted by molar-refractivity contribution is 6.07. The van der Waals surface area contributed by atoms with E-state index in [0.717, 1.165) is 22.5 Å². The van der Waals surface area contributed by atoms with Gasteiger partial charge in [-0.15, -0.1) is 0 Å². The highest BCUT2D eigenvalue weighted by atomic mass is 19.4. The maximum Gasteiger partial charge on any atom is 0.416 e. The Morgan fingerprint density at radius 1 is 1.11 bits per heavy atom. The minimum atomic E-state index is -4.33. The lowest BCUT2D eigenvalue weighted by Crippen LogP contribution is -2.04. The zero-order valence-electron chi connectivity index (χ0n) is 10.4. The highest BCUT2D eigenvalue weighted by Gasteiger charge is 2.31. The first-order valence-corrected chi connectivity index (χ1v) is 5.80. The second-order valence-corrected chi connectivity index (χ2v) is 4.67. The standard InChI is InChI=1S/C14H11F3N2/c1-8-5-11-10-6-9(14(15,16)17)3-4-12(10)19(2)13(11)18-7-8/h3-7H,1-2H3. The molecule has 0 aliphatic carbocycles. The molecular weight excluding hydrogens is 253 g/mol. The number of aromatic nitrogens is 2. The predicted molar refractivity (Wildman–Crippen MR) is 68.0 cm³/mol. The lowest BCUT2D eigenvalue weighted by molar-refractivity contribution is -0.137. The number of pyridine rings is 1. The lowest BCUT2D eigenvalue weighted by atomic mass is 10.1. The monoisotopic (exact) mass is 264 g/mol. The smallest absolute Gasteiger partial charge is 0.328 e. The van der Waals surface area contributed by atoms with E-state index in [9.17, 15) is 13.2 Å². The van der Waals surface area contributed by atoms with Crippen molar-refractivity contribution in [1.29, 1.82) is 0 Å². The molecule has 5 heteroatoms. The van der Waals surface area contributed by atoms with E-state index in [1.54, 1.807) is 13.2 Å². The van der Waals surface area contributed by atoms with Crippen LogP contribution >= 0.6 is 0 Å². The van der Waals surface area contributed by atoms with Crippen LogP contribution in [0, 0.1) is 6.92 Å². The Labute approximate surface area is 107 Å². The van der Waals surface area contributed by atoms with Gasteiger partial charge >= 0.3 is 6.18 Å². The minimum absolute atomic E-state index is 0.587. The Morgan fingerprint density at radius 2 is 1.84 bits per heavy atom. The van der Waals surface area contributed by atoms with Gasteiger partial charge in [0, 0.05) is 24.0 Å². The minimum Gasteiger partial charge on any atom is -0.328 e. The molecule has 2 heterocycles. The van der Waals surface area contributed by atoms with E-state index < -0.39 is 11.7 Å². The van der Waals surface area contributed by atoms with Gasteiger partial charge in [-0.25, -0.2) is 4.98 Å². The van der Waals surface area contributed by atoms with Crippen molar-refractivity contribution < 1.29 is 13.2 Å². The quantitative estimate of drug-likeness (QED) is 0.599. The topological polar surface area (TPSA) is 17.8 Å². The molecule has 0 unspecified atom stereocenters. The van der Waals surface area contributed by atoms with Gasteiger partial charge in [-0.05, 0) is 36.8 Å². The summed E-state index contributed by atoms with van der Waals surface area (Å²) < 4.78 is 40.1. The van der Waals surface area contributed by atoms with Gasteiger partial charge in [0.05, 0.1) is 11.1 Å². The first-order chi connectivity index (χ1) is 8.88. The predicted octanol–water partition coefficient (Wildman–Crippen LogP) is 4.05. The molecule has 98 valence electrons. The van der Waals surface area contributed by atoms with Crippen LogP contribution in [0.3, 0.4) is 0 Å². The molecule has 0 N–H and O–H groups in total. The molecule has 0 radical (unpaired) electrons. The molecule has 3 rings (SSSR count). The third-order valence-corrected chi connectivity index (χ3v) is 3.30. The molecule has 1 aromatic carbocycles. The Kier molecular flexibility index (Phi) is 2.36. The summed E-state index contributed by atoms with van der Waals surface area (Å²) in [5.41, 5.74) is 1.74. The summed E-state index contributed by atoms with van der Waals surface area (Å²) in [6.45, 7) is 1.87. The van der Waals surface area contributed by atoms with Crippen LogP contribution < -0.4 is 0 Å². The van der Waals surface area contributed by atoms with Crippen molar-refractivity contribution in [3.63, 3.8) is 0 Å². The van der Waals surface area contributed by atoms with Crippen LogP contribution in [-0.4, -0.2) is 9.55 Å². The van der Waals surface area contributed by atoms with Crippen molar-refractivity contribution in [1.82, 2.24) is 9.55 Å². The summed E-state index contributed by atoms with van der Waals surface area (Å²) >= 11 is 0. The van der Waals surface area contributed by atoms with Crippen LogP contribution in [-0.2, 0) is 13.2 Å². The zero-order valence-corrected chi connectivity index (χ0v) is 10.4. The molecule has 0 saturated carbocycles. The summed E-state index contributed by atoms with van der Waals surface area (Å²) in [4.78, 5) is 4.29. The summed E-state index contributed by atoms with van der Waals surface area (Å²) in [6, 6.07) is 5.66. The molecular formula is C14H11F3N2. The van der Waals surface area contributed by atoms with Crippen LogP contribution in [0.2, 0.25) is 0 Å². The lowest BCUT2D eigenvalue weighted by Gasteiger charge is -2.06. The molecule has 2 aromatic heterocycles. The van der Waals surface area contributed by atoms with E-state index in [2.05, 4.69) is 4.98 Å². The molecule has 0 atom stereocenters. The average Bonchev–Trinajstić information content (AvgIpc) is 2.61.